The van der Waals surface area contributed by atoms with Gasteiger partial charge in [-0.2, -0.15) is 5.10 Å². The van der Waals surface area contributed by atoms with Crippen molar-refractivity contribution in [3.63, 3.8) is 0 Å². The van der Waals surface area contributed by atoms with Gasteiger partial charge in [0, 0.05) is 23.0 Å². The molecule has 3 aromatic heterocycles. The number of benzene rings is 2. The van der Waals surface area contributed by atoms with E-state index in [-0.39, 0.29) is 18.1 Å². The lowest BCUT2D eigenvalue weighted by Crippen LogP contribution is -2.15. The first-order chi connectivity index (χ1) is 16.5. The number of hydrogen-bond donors (Lipinski definition) is 1. The average Bonchev–Trinajstić information content (AvgIpc) is 3.46. The lowest BCUT2D eigenvalue weighted by Gasteiger charge is -2.08. The van der Waals surface area contributed by atoms with Gasteiger partial charge in [-0.3, -0.25) is 4.79 Å². The van der Waals surface area contributed by atoms with Gasteiger partial charge >= 0.3 is 0 Å². The first kappa shape index (κ1) is 21.7. The summed E-state index contributed by atoms with van der Waals surface area (Å²) in [5.74, 6) is -0.0462. The second-order valence-corrected chi connectivity index (χ2v) is 8.57. The Bertz CT molecular complexity index is 1510. The number of aromatic nitrogens is 4. The first-order valence-corrected chi connectivity index (χ1v) is 11.4. The van der Waals surface area contributed by atoms with Crippen LogP contribution in [0.15, 0.2) is 66.2 Å². The number of pyridine rings is 1. The molecule has 0 fully saturated rings. The van der Waals surface area contributed by atoms with Gasteiger partial charge in [0.25, 0.3) is 0 Å². The number of carbonyl (C=O) groups excluding carboxylic acids is 1. The molecule has 0 aliphatic carbocycles. The van der Waals surface area contributed by atoms with Gasteiger partial charge in [0.15, 0.2) is 17.4 Å². The molecule has 5 rings (SSSR count). The third-order valence-corrected chi connectivity index (χ3v) is 6.05. The molecule has 0 bridgehead atoms. The zero-order chi connectivity index (χ0) is 23.7. The second kappa shape index (κ2) is 9.03. The van der Waals surface area contributed by atoms with Crippen LogP contribution in [0.1, 0.15) is 11.4 Å². The fourth-order valence-electron chi connectivity index (χ4n) is 3.67. The van der Waals surface area contributed by atoms with E-state index in [2.05, 4.69) is 21.4 Å². The summed E-state index contributed by atoms with van der Waals surface area (Å²) < 4.78 is 21.5. The van der Waals surface area contributed by atoms with Crippen LogP contribution < -0.4 is 10.1 Å². The highest BCUT2D eigenvalue weighted by molar-refractivity contribution is 7.16. The standard InChI is InChI=1S/C25H20FN5O2S/c1-15-4-3-5-24(28-15)31-21(16-6-9-20-23(10-16)34-14-27-20)11-18(30-31)13-25(32)29-17-7-8-19(26)22(12-17)33-2/h3-12,14H,13H2,1-2H3,(H,29,32). The van der Waals surface area contributed by atoms with Gasteiger partial charge in [-0.15, -0.1) is 11.3 Å². The van der Waals surface area contributed by atoms with Gasteiger partial charge < -0.3 is 10.1 Å². The van der Waals surface area contributed by atoms with E-state index in [1.54, 1.807) is 16.0 Å². The molecule has 1 amide bonds. The van der Waals surface area contributed by atoms with E-state index in [1.165, 1.54) is 25.3 Å². The average molecular weight is 474 g/mol. The molecular weight excluding hydrogens is 453 g/mol. The van der Waals surface area contributed by atoms with Crippen molar-refractivity contribution in [2.45, 2.75) is 13.3 Å². The van der Waals surface area contributed by atoms with E-state index in [9.17, 15) is 9.18 Å². The summed E-state index contributed by atoms with van der Waals surface area (Å²) in [6.45, 7) is 1.92. The summed E-state index contributed by atoms with van der Waals surface area (Å²) >= 11 is 1.57. The molecule has 34 heavy (non-hydrogen) atoms. The fourth-order valence-corrected chi connectivity index (χ4v) is 4.38. The Morgan fingerprint density at radius 1 is 1.15 bits per heavy atom. The number of thiazole rings is 1. The number of halogens is 1. The van der Waals surface area contributed by atoms with Crippen LogP contribution in [0.5, 0.6) is 5.75 Å². The van der Waals surface area contributed by atoms with Gasteiger partial charge in [-0.1, -0.05) is 12.1 Å². The lowest BCUT2D eigenvalue weighted by molar-refractivity contribution is -0.115. The molecule has 0 aliphatic heterocycles. The van der Waals surface area contributed by atoms with Crippen molar-refractivity contribution < 1.29 is 13.9 Å². The quantitative estimate of drug-likeness (QED) is 0.367. The highest BCUT2D eigenvalue weighted by Crippen LogP contribution is 2.29. The SMILES string of the molecule is COc1cc(NC(=O)Cc2cc(-c3ccc4ncsc4c3)n(-c3cccc(C)n3)n2)ccc1F. The third kappa shape index (κ3) is 4.38. The second-order valence-electron chi connectivity index (χ2n) is 7.68. The molecule has 5 aromatic rings. The number of aryl methyl sites for hydroxylation is 1. The van der Waals surface area contributed by atoms with Crippen LogP contribution in [0.25, 0.3) is 27.3 Å². The summed E-state index contributed by atoms with van der Waals surface area (Å²) in [6, 6.07) is 17.8. The van der Waals surface area contributed by atoms with Crippen LogP contribution in [0.4, 0.5) is 10.1 Å². The summed E-state index contributed by atoms with van der Waals surface area (Å²) in [5.41, 5.74) is 6.40. The van der Waals surface area contributed by atoms with Gasteiger partial charge in [-0.05, 0) is 49.4 Å². The van der Waals surface area contributed by atoms with Crippen LogP contribution >= 0.6 is 11.3 Å². The molecule has 0 atom stereocenters. The molecular formula is C25H20FN5O2S. The summed E-state index contributed by atoms with van der Waals surface area (Å²) in [4.78, 5) is 21.7. The van der Waals surface area contributed by atoms with Gasteiger partial charge in [0.2, 0.25) is 5.91 Å². The smallest absolute Gasteiger partial charge is 0.230 e. The van der Waals surface area contributed by atoms with Crippen molar-refractivity contribution in [2.24, 2.45) is 0 Å². The Hall–Kier alpha value is -4.11. The van der Waals surface area contributed by atoms with Crippen molar-refractivity contribution in [3.05, 3.63) is 83.4 Å². The predicted molar refractivity (Wildman–Crippen MR) is 130 cm³/mol. The first-order valence-electron chi connectivity index (χ1n) is 10.5. The van der Waals surface area contributed by atoms with Gasteiger partial charge in [0.1, 0.15) is 0 Å². The molecule has 0 saturated heterocycles. The molecule has 7 nitrogen and oxygen atoms in total. The largest absolute Gasteiger partial charge is 0.494 e. The van der Waals surface area contributed by atoms with Crippen molar-refractivity contribution >= 4 is 33.1 Å². The molecule has 2 aromatic carbocycles. The highest BCUT2D eigenvalue weighted by Gasteiger charge is 2.16. The fraction of sp³-hybridized carbons (Fsp3) is 0.120. The molecule has 0 radical (unpaired) electrons. The summed E-state index contributed by atoms with van der Waals surface area (Å²) in [7, 11) is 1.38. The Morgan fingerprint density at radius 2 is 2.03 bits per heavy atom. The number of methoxy groups -OCH3 is 1. The van der Waals surface area contributed by atoms with Crippen molar-refractivity contribution in [1.82, 2.24) is 19.7 Å². The van der Waals surface area contributed by atoms with Gasteiger partial charge in [-0.25, -0.2) is 19.0 Å². The van der Waals surface area contributed by atoms with Crippen LogP contribution in [-0.2, 0) is 11.2 Å². The van der Waals surface area contributed by atoms with Crippen LogP contribution in [0.3, 0.4) is 0 Å². The topological polar surface area (TPSA) is 81.9 Å². The van der Waals surface area contributed by atoms with Crippen LogP contribution in [-0.4, -0.2) is 32.8 Å². The zero-order valence-corrected chi connectivity index (χ0v) is 19.3. The Balaban J connectivity index is 1.48. The summed E-state index contributed by atoms with van der Waals surface area (Å²) in [6.07, 6.45) is 0.0360. The van der Waals surface area contributed by atoms with E-state index in [0.717, 1.165) is 27.2 Å². The van der Waals surface area contributed by atoms with Crippen LogP contribution in [0, 0.1) is 12.7 Å². The van der Waals surface area contributed by atoms with Crippen LogP contribution in [0.2, 0.25) is 0 Å². The minimum atomic E-state index is -0.493. The minimum absolute atomic E-state index is 0.0360. The molecule has 170 valence electrons. The maximum Gasteiger partial charge on any atom is 0.230 e. The van der Waals surface area contributed by atoms with Crippen molar-refractivity contribution in [1.29, 1.82) is 0 Å². The maximum atomic E-state index is 13.7. The number of anilines is 1. The normalized spacial score (nSPS) is 11.0. The number of carbonyl (C=O) groups is 1. The molecule has 0 aliphatic rings. The molecule has 1 N–H and O–H groups in total. The molecule has 0 unspecified atom stereocenters. The number of fused-ring (bicyclic) bond motifs is 1. The Labute approximate surface area is 198 Å². The van der Waals surface area contributed by atoms with E-state index in [1.807, 2.05) is 48.8 Å². The zero-order valence-electron chi connectivity index (χ0n) is 18.4. The van der Waals surface area contributed by atoms with E-state index in [0.29, 0.717) is 17.2 Å². The van der Waals surface area contributed by atoms with Crippen molar-refractivity contribution in [3.8, 4) is 22.8 Å². The number of nitrogens with one attached hydrogen (secondary N) is 1. The Kier molecular flexibility index (Phi) is 5.77. The lowest BCUT2D eigenvalue weighted by atomic mass is 10.1. The monoisotopic (exact) mass is 473 g/mol. The van der Waals surface area contributed by atoms with E-state index < -0.39 is 5.82 Å². The minimum Gasteiger partial charge on any atom is -0.494 e. The number of rotatable bonds is 6. The third-order valence-electron chi connectivity index (χ3n) is 5.25. The van der Waals surface area contributed by atoms with Crippen molar-refractivity contribution in [2.75, 3.05) is 12.4 Å². The molecule has 9 heteroatoms. The van der Waals surface area contributed by atoms with E-state index >= 15 is 0 Å². The number of nitrogens with zero attached hydrogens (tertiary/aromatic N) is 4. The summed E-state index contributed by atoms with van der Waals surface area (Å²) in [5, 5.41) is 7.46. The maximum absolute atomic E-state index is 13.7. The number of amides is 1. The van der Waals surface area contributed by atoms with E-state index in [4.69, 9.17) is 9.84 Å². The highest BCUT2D eigenvalue weighted by atomic mass is 32.1. The molecule has 3 heterocycles. The number of ether oxygens (including phenoxy) is 1. The predicted octanol–water partition coefficient (Wildman–Crippen LogP) is 5.18. The molecule has 0 spiro atoms. The Morgan fingerprint density at radius 3 is 2.85 bits per heavy atom. The number of hydrogen-bond acceptors (Lipinski definition) is 6. The van der Waals surface area contributed by atoms with Gasteiger partial charge in [0.05, 0.1) is 40.6 Å². The molecule has 0 saturated carbocycles.